The average Bonchev–Trinajstić information content (AvgIpc) is 2.86. The van der Waals surface area contributed by atoms with Crippen molar-refractivity contribution >= 4 is 6.21 Å². The Morgan fingerprint density at radius 1 is 0.531 bits per heavy atom. The van der Waals surface area contributed by atoms with Gasteiger partial charge in [0.2, 0.25) is 0 Å². The molecule has 1 atom stereocenters. The molecule has 0 spiro atoms. The molecule has 0 radical (unpaired) electrons. The molecule has 0 aliphatic heterocycles. The lowest BCUT2D eigenvalue weighted by Gasteiger charge is -2.30. The second kappa shape index (κ2) is 11.8. The molecule has 32 heavy (non-hydrogen) atoms. The van der Waals surface area contributed by atoms with E-state index >= 15 is 0 Å². The third kappa shape index (κ3) is 6.76. The van der Waals surface area contributed by atoms with E-state index in [0.717, 1.165) is 19.5 Å². The van der Waals surface area contributed by atoms with Gasteiger partial charge in [0.15, 0.2) is 0 Å². The highest BCUT2D eigenvalue weighted by molar-refractivity contribution is 5.65. The summed E-state index contributed by atoms with van der Waals surface area (Å²) in [4.78, 5) is 7.41. The van der Waals surface area contributed by atoms with Crippen molar-refractivity contribution in [2.75, 3.05) is 0 Å². The lowest BCUT2D eigenvalue weighted by Crippen LogP contribution is -2.37. The second-order valence-electron chi connectivity index (χ2n) is 8.11. The van der Waals surface area contributed by atoms with E-state index in [1.54, 1.807) is 0 Å². The summed E-state index contributed by atoms with van der Waals surface area (Å²) in [6, 6.07) is 42.8. The van der Waals surface area contributed by atoms with Crippen LogP contribution in [0.3, 0.4) is 0 Å². The summed E-state index contributed by atoms with van der Waals surface area (Å²) in [5.41, 5.74) is 5.20. The third-order valence-corrected chi connectivity index (χ3v) is 5.61. The number of hydrogen-bond donors (Lipinski definition) is 0. The summed E-state index contributed by atoms with van der Waals surface area (Å²) >= 11 is 0. The highest BCUT2D eigenvalue weighted by atomic mass is 15.2. The maximum Gasteiger partial charge on any atom is 0.0636 e. The molecule has 0 unspecified atom stereocenters. The first-order valence-corrected chi connectivity index (χ1v) is 11.3. The molecule has 0 saturated carbocycles. The molecule has 0 fully saturated rings. The quantitative estimate of drug-likeness (QED) is 0.266. The molecule has 0 bridgehead atoms. The molecule has 2 nitrogen and oxygen atoms in total. The molecule has 0 saturated heterocycles. The van der Waals surface area contributed by atoms with Gasteiger partial charge in [0.25, 0.3) is 0 Å². The van der Waals surface area contributed by atoms with Crippen LogP contribution in [0.5, 0.6) is 0 Å². The van der Waals surface area contributed by atoms with Gasteiger partial charge in [-0.3, -0.25) is 9.89 Å². The van der Waals surface area contributed by atoms with Crippen LogP contribution < -0.4 is 0 Å². The lowest BCUT2D eigenvalue weighted by molar-refractivity contribution is 0.225. The first-order valence-electron chi connectivity index (χ1n) is 11.3. The summed E-state index contributed by atoms with van der Waals surface area (Å²) < 4.78 is 0. The van der Waals surface area contributed by atoms with E-state index in [0.29, 0.717) is 6.54 Å². The summed E-state index contributed by atoms with van der Waals surface area (Å²) in [5.74, 6) is 0. The van der Waals surface area contributed by atoms with Crippen LogP contribution in [0.15, 0.2) is 126 Å². The van der Waals surface area contributed by atoms with Gasteiger partial charge in [0.1, 0.15) is 0 Å². The first kappa shape index (κ1) is 21.7. The van der Waals surface area contributed by atoms with Gasteiger partial charge in [-0.15, -0.1) is 0 Å². The summed E-state index contributed by atoms with van der Waals surface area (Å²) in [6.07, 6.45) is 3.09. The molecule has 0 amide bonds. The van der Waals surface area contributed by atoms with E-state index in [1.165, 1.54) is 22.3 Å². The number of hydrogen-bond acceptors (Lipinski definition) is 2. The van der Waals surface area contributed by atoms with Crippen molar-refractivity contribution in [1.29, 1.82) is 0 Å². The summed E-state index contributed by atoms with van der Waals surface area (Å²) in [6.45, 7) is 2.46. The largest absolute Gasteiger partial charge is 0.291 e. The van der Waals surface area contributed by atoms with Crippen LogP contribution in [-0.2, 0) is 26.1 Å². The molecule has 0 N–H and O–H groups in total. The minimum atomic E-state index is 0.196. The summed E-state index contributed by atoms with van der Waals surface area (Å²) in [7, 11) is 0. The van der Waals surface area contributed by atoms with Gasteiger partial charge in [-0.05, 0) is 28.7 Å². The van der Waals surface area contributed by atoms with Gasteiger partial charge in [0, 0.05) is 25.3 Å². The van der Waals surface area contributed by atoms with Crippen LogP contribution in [0, 0.1) is 0 Å². The Hall–Kier alpha value is -3.49. The smallest absolute Gasteiger partial charge is 0.0636 e. The summed E-state index contributed by atoms with van der Waals surface area (Å²) in [5, 5.41) is 0. The second-order valence-corrected chi connectivity index (χ2v) is 8.11. The van der Waals surface area contributed by atoms with Crippen molar-refractivity contribution in [2.24, 2.45) is 4.99 Å². The molecule has 0 aliphatic carbocycles. The highest BCUT2D eigenvalue weighted by Gasteiger charge is 2.18. The third-order valence-electron chi connectivity index (χ3n) is 5.61. The number of nitrogens with zero attached hydrogens (tertiary/aromatic N) is 2. The number of benzene rings is 4. The van der Waals surface area contributed by atoms with Crippen molar-refractivity contribution in [3.8, 4) is 0 Å². The molecule has 4 aromatic carbocycles. The van der Waals surface area contributed by atoms with E-state index in [2.05, 4.69) is 126 Å². The van der Waals surface area contributed by atoms with Gasteiger partial charge in [-0.2, -0.15) is 0 Å². The predicted molar refractivity (Wildman–Crippen MR) is 135 cm³/mol. The fraction of sp³-hybridized carbons (Fsp3) is 0.167. The van der Waals surface area contributed by atoms with Crippen molar-refractivity contribution in [3.63, 3.8) is 0 Å². The Bertz CT molecular complexity index is 1020. The van der Waals surface area contributed by atoms with Gasteiger partial charge < -0.3 is 0 Å². The molecule has 2 heteroatoms. The zero-order valence-corrected chi connectivity index (χ0v) is 18.4. The molecule has 4 aromatic rings. The van der Waals surface area contributed by atoms with Crippen LogP contribution in [0.1, 0.15) is 22.3 Å². The normalized spacial score (nSPS) is 12.3. The van der Waals surface area contributed by atoms with E-state index in [4.69, 9.17) is 4.99 Å². The highest BCUT2D eigenvalue weighted by Crippen LogP contribution is 2.17. The van der Waals surface area contributed by atoms with Crippen LogP contribution in [-0.4, -0.2) is 17.2 Å². The monoisotopic (exact) mass is 418 g/mol. The zero-order valence-electron chi connectivity index (χ0n) is 18.4. The Kier molecular flexibility index (Phi) is 8.00. The van der Waals surface area contributed by atoms with E-state index < -0.39 is 0 Å². The minimum Gasteiger partial charge on any atom is -0.291 e. The van der Waals surface area contributed by atoms with Gasteiger partial charge >= 0.3 is 0 Å². The SMILES string of the molecule is C(=NCc1ccccc1)[C@H](Cc1ccccc1)N(Cc1ccccc1)Cc1ccccc1. The topological polar surface area (TPSA) is 15.6 Å². The van der Waals surface area contributed by atoms with E-state index in [1.807, 2.05) is 6.07 Å². The lowest BCUT2D eigenvalue weighted by atomic mass is 10.0. The molecular formula is C30H30N2. The molecular weight excluding hydrogens is 388 g/mol. The Morgan fingerprint density at radius 2 is 0.938 bits per heavy atom. The molecule has 160 valence electrons. The Balaban J connectivity index is 1.60. The van der Waals surface area contributed by atoms with Crippen molar-refractivity contribution in [3.05, 3.63) is 144 Å². The average molecular weight is 419 g/mol. The van der Waals surface area contributed by atoms with Crippen LogP contribution in [0.25, 0.3) is 0 Å². The molecule has 0 heterocycles. The van der Waals surface area contributed by atoms with Crippen molar-refractivity contribution < 1.29 is 0 Å². The first-order chi connectivity index (χ1) is 15.9. The maximum absolute atomic E-state index is 4.88. The van der Waals surface area contributed by atoms with E-state index in [-0.39, 0.29) is 6.04 Å². The van der Waals surface area contributed by atoms with Crippen LogP contribution in [0.2, 0.25) is 0 Å². The van der Waals surface area contributed by atoms with Crippen LogP contribution in [0.4, 0.5) is 0 Å². The van der Waals surface area contributed by atoms with Gasteiger partial charge in [0.05, 0.1) is 6.54 Å². The molecule has 0 aliphatic rings. The minimum absolute atomic E-state index is 0.196. The van der Waals surface area contributed by atoms with Gasteiger partial charge in [-0.1, -0.05) is 121 Å². The fourth-order valence-corrected chi connectivity index (χ4v) is 3.92. The predicted octanol–water partition coefficient (Wildman–Crippen LogP) is 6.57. The van der Waals surface area contributed by atoms with Crippen molar-refractivity contribution in [1.82, 2.24) is 4.90 Å². The number of rotatable bonds is 10. The fourth-order valence-electron chi connectivity index (χ4n) is 3.92. The van der Waals surface area contributed by atoms with Crippen LogP contribution >= 0.6 is 0 Å². The standard InChI is InChI=1S/C30H30N2/c1-5-13-26(14-6-1)21-30(23-31-22-27-15-7-2-8-16-27)32(24-28-17-9-3-10-18-28)25-29-19-11-4-12-20-29/h1-20,23,30H,21-22,24-25H2/t30-/m0/s1. The molecule has 0 aromatic heterocycles. The Labute approximate surface area is 191 Å². The molecule has 4 rings (SSSR count). The zero-order chi connectivity index (χ0) is 21.8. The maximum atomic E-state index is 4.88. The van der Waals surface area contributed by atoms with Crippen molar-refractivity contribution in [2.45, 2.75) is 32.1 Å². The van der Waals surface area contributed by atoms with E-state index in [9.17, 15) is 0 Å². The number of aliphatic imine (C=N–C) groups is 1. The Morgan fingerprint density at radius 3 is 1.41 bits per heavy atom. The van der Waals surface area contributed by atoms with Gasteiger partial charge in [-0.25, -0.2) is 0 Å².